The minimum Gasteiger partial charge on any atom is -0.387 e. The predicted molar refractivity (Wildman–Crippen MR) is 121 cm³/mol. The van der Waals surface area contributed by atoms with Gasteiger partial charge in [0.2, 0.25) is 0 Å². The summed E-state index contributed by atoms with van der Waals surface area (Å²) in [5.41, 5.74) is 2.52. The highest BCUT2D eigenvalue weighted by Crippen LogP contribution is 2.57. The molecule has 0 radical (unpaired) electrons. The number of aliphatic hydroxyl groups excluding tert-OH is 2. The van der Waals surface area contributed by atoms with E-state index in [9.17, 15) is 29.0 Å². The van der Waals surface area contributed by atoms with Gasteiger partial charge in [-0.3, -0.25) is 13.9 Å². The van der Waals surface area contributed by atoms with Crippen LogP contribution < -0.4 is 11.2 Å². The molecule has 1 aliphatic heterocycles. The highest BCUT2D eigenvalue weighted by Gasteiger charge is 2.45. The summed E-state index contributed by atoms with van der Waals surface area (Å²) in [6.45, 7) is -0.697. The second kappa shape index (κ2) is 11.2. The van der Waals surface area contributed by atoms with Crippen LogP contribution in [0.15, 0.2) is 41.3 Å². The zero-order chi connectivity index (χ0) is 25.1. The maximum atomic E-state index is 12.4. The van der Waals surface area contributed by atoms with E-state index >= 15 is 0 Å². The lowest BCUT2D eigenvalue weighted by Crippen LogP contribution is -2.36. The molecule has 1 aromatic heterocycles. The van der Waals surface area contributed by atoms with Crippen LogP contribution in [0.5, 0.6) is 0 Å². The van der Waals surface area contributed by atoms with Crippen molar-refractivity contribution in [3.05, 3.63) is 56.1 Å². The second-order valence-corrected chi connectivity index (χ2v) is 11.0. The van der Waals surface area contributed by atoms with Crippen LogP contribution in [0, 0.1) is 3.57 Å². The number of phosphoric ester groups is 1. The van der Waals surface area contributed by atoms with Gasteiger partial charge in [0.1, 0.15) is 18.3 Å². The van der Waals surface area contributed by atoms with Gasteiger partial charge in [-0.05, 0) is 46.4 Å². The van der Waals surface area contributed by atoms with Crippen molar-refractivity contribution >= 4 is 44.1 Å². The van der Waals surface area contributed by atoms with E-state index in [2.05, 4.69) is 41.9 Å². The van der Waals surface area contributed by atoms with Gasteiger partial charge in [-0.1, -0.05) is 12.1 Å². The second-order valence-electron chi connectivity index (χ2n) is 6.90. The van der Waals surface area contributed by atoms with E-state index in [1.54, 1.807) is 0 Å². The fourth-order valence-electron chi connectivity index (χ4n) is 2.86. The van der Waals surface area contributed by atoms with Crippen LogP contribution in [0.2, 0.25) is 0 Å². The first-order valence-corrected chi connectivity index (χ1v) is 13.4. The summed E-state index contributed by atoms with van der Waals surface area (Å²) in [7, 11) is -10.5. The molecule has 0 bridgehead atoms. The Bertz CT molecular complexity index is 1140. The van der Waals surface area contributed by atoms with E-state index in [-0.39, 0.29) is 12.4 Å². The summed E-state index contributed by atoms with van der Waals surface area (Å²) in [5, 5.41) is 20.3. The van der Waals surface area contributed by atoms with Crippen molar-refractivity contribution in [1.82, 2.24) is 9.55 Å². The summed E-state index contributed by atoms with van der Waals surface area (Å²) >= 11 is 2.17. The minimum absolute atomic E-state index is 0.0653. The third-order valence-corrected chi connectivity index (χ3v) is 7.25. The molecule has 188 valence electrons. The number of ether oxygens (including phenoxy) is 1. The number of aliphatic hydroxyl groups is 2. The molecule has 18 heteroatoms. The molecule has 0 spiro atoms. The first-order chi connectivity index (χ1) is 15.8. The molecule has 1 fully saturated rings. The van der Waals surface area contributed by atoms with E-state index in [0.29, 0.717) is 0 Å². The molecular weight excluding hydrogens is 615 g/mol. The number of aromatic nitrogens is 2. The van der Waals surface area contributed by atoms with Crippen LogP contribution in [0.1, 0.15) is 11.8 Å². The van der Waals surface area contributed by atoms with E-state index in [1.165, 1.54) is 12.3 Å². The molecule has 1 saturated heterocycles. The first-order valence-electron chi connectivity index (χ1n) is 9.32. The molecule has 0 amide bonds. The van der Waals surface area contributed by atoms with Crippen molar-refractivity contribution in [2.75, 3.05) is 12.1 Å². The minimum atomic E-state index is -5.34. The Kier molecular flexibility index (Phi) is 9.00. The van der Waals surface area contributed by atoms with Gasteiger partial charge in [-0.15, -0.1) is 0 Å². The summed E-state index contributed by atoms with van der Waals surface area (Å²) in [6, 6.07) is 8.89. The van der Waals surface area contributed by atoms with Gasteiger partial charge in [0.15, 0.2) is 12.0 Å². The predicted octanol–water partition coefficient (Wildman–Crippen LogP) is 0.237. The van der Waals surface area contributed by atoms with Gasteiger partial charge in [0.25, 0.3) is 0 Å². The normalized spacial score (nSPS) is 24.6. The molecule has 2 heterocycles. The smallest absolute Gasteiger partial charge is 0.387 e. The van der Waals surface area contributed by atoms with Crippen molar-refractivity contribution in [2.45, 2.75) is 31.1 Å². The van der Waals surface area contributed by atoms with Crippen LogP contribution >= 0.6 is 38.2 Å². The average Bonchev–Trinajstić information content (AvgIpc) is 3.01. The molecule has 1 aliphatic rings. The van der Waals surface area contributed by atoms with Gasteiger partial charge < -0.3 is 29.6 Å². The molecule has 6 N–H and O–H groups in total. The summed E-state index contributed by atoms with van der Waals surface area (Å²) in [6.07, 6.45) is -5.01. The summed E-state index contributed by atoms with van der Waals surface area (Å²) < 4.78 is 37.5. The molecule has 2 aromatic rings. The Morgan fingerprint density at radius 2 is 1.79 bits per heavy atom. The van der Waals surface area contributed by atoms with Crippen molar-refractivity contribution in [1.29, 1.82) is 0 Å². The Morgan fingerprint density at radius 1 is 1.12 bits per heavy atom. The van der Waals surface area contributed by atoms with Gasteiger partial charge in [-0.2, -0.15) is 9.29 Å². The Morgan fingerprint density at radius 3 is 2.41 bits per heavy atom. The fraction of sp³-hybridized carbons (Fsp3) is 0.375. The lowest BCUT2D eigenvalue weighted by Gasteiger charge is -2.18. The number of phosphoric acid groups is 2. The van der Waals surface area contributed by atoms with Crippen molar-refractivity contribution in [3.63, 3.8) is 0 Å². The van der Waals surface area contributed by atoms with Crippen molar-refractivity contribution in [2.24, 2.45) is 0 Å². The van der Waals surface area contributed by atoms with E-state index in [0.717, 1.165) is 13.7 Å². The SMILES string of the molecule is O=c1nc(NOCc2ccc(I)cc2)ccn1[C@@H]1O[C@H](COP(=O)(O)OP(=O)(O)O)[C@@H](O)[C@H]1O. The molecule has 1 unspecified atom stereocenters. The maximum absolute atomic E-state index is 12.4. The summed E-state index contributed by atoms with van der Waals surface area (Å²) in [5.74, 6) is 0.0653. The number of halogens is 1. The van der Waals surface area contributed by atoms with Crippen LogP contribution in [0.3, 0.4) is 0 Å². The zero-order valence-corrected chi connectivity index (χ0v) is 20.9. The van der Waals surface area contributed by atoms with Gasteiger partial charge >= 0.3 is 21.3 Å². The van der Waals surface area contributed by atoms with E-state index in [4.69, 9.17) is 19.4 Å². The molecule has 3 rings (SSSR count). The monoisotopic (exact) mass is 635 g/mol. The fourth-order valence-corrected chi connectivity index (χ4v) is 4.82. The Labute approximate surface area is 205 Å². The quantitative estimate of drug-likeness (QED) is 0.117. The first kappa shape index (κ1) is 27.3. The highest BCUT2D eigenvalue weighted by atomic mass is 127. The number of benzene rings is 1. The average molecular weight is 635 g/mol. The number of rotatable bonds is 10. The van der Waals surface area contributed by atoms with Crippen LogP contribution in [0.25, 0.3) is 0 Å². The van der Waals surface area contributed by atoms with Crippen LogP contribution in [-0.2, 0) is 34.1 Å². The largest absolute Gasteiger partial charge is 0.481 e. The topological polar surface area (TPSA) is 219 Å². The third-order valence-electron chi connectivity index (χ3n) is 4.38. The molecule has 0 aliphatic carbocycles. The van der Waals surface area contributed by atoms with Crippen molar-refractivity contribution in [3.8, 4) is 0 Å². The number of nitrogens with one attached hydrogen (secondary N) is 1. The van der Waals surface area contributed by atoms with E-state index in [1.807, 2.05) is 24.3 Å². The molecule has 34 heavy (non-hydrogen) atoms. The van der Waals surface area contributed by atoms with Crippen LogP contribution in [-0.4, -0.2) is 59.4 Å². The number of nitrogens with zero attached hydrogens (tertiary/aromatic N) is 2. The number of hydrogen-bond donors (Lipinski definition) is 6. The number of hydrogen-bond acceptors (Lipinski definition) is 11. The van der Waals surface area contributed by atoms with Gasteiger partial charge in [0, 0.05) is 9.77 Å². The lowest BCUT2D eigenvalue weighted by molar-refractivity contribution is -0.0541. The Balaban J connectivity index is 1.59. The molecule has 1 aromatic carbocycles. The highest BCUT2D eigenvalue weighted by molar-refractivity contribution is 14.1. The Hall–Kier alpha value is -1.27. The lowest BCUT2D eigenvalue weighted by atomic mass is 10.1. The van der Waals surface area contributed by atoms with Crippen LogP contribution in [0.4, 0.5) is 5.82 Å². The molecular formula is C16H20IN3O12P2. The maximum Gasteiger partial charge on any atom is 0.481 e. The van der Waals surface area contributed by atoms with Gasteiger partial charge in [-0.25, -0.2) is 19.4 Å². The molecule has 0 saturated carbocycles. The summed E-state index contributed by atoms with van der Waals surface area (Å²) in [4.78, 5) is 48.0. The zero-order valence-electron chi connectivity index (χ0n) is 16.9. The molecule has 15 nitrogen and oxygen atoms in total. The third kappa shape index (κ3) is 7.61. The molecule has 5 atom stereocenters. The van der Waals surface area contributed by atoms with Crippen molar-refractivity contribution < 1.29 is 52.4 Å². The number of anilines is 1. The van der Waals surface area contributed by atoms with Gasteiger partial charge in [0.05, 0.1) is 13.2 Å². The van der Waals surface area contributed by atoms with E-state index < -0.39 is 52.5 Å². The standard InChI is InChI=1S/C16H20IN3O12P2/c17-10-3-1-9(2-4-10)7-29-19-12-5-6-20(16(23)18-12)15-14(22)13(21)11(31-15)8-30-34(27,28)32-33(24,25)26/h1-6,11,13-15,21-22H,7-8H2,(H,27,28)(H,18,19,23)(H2,24,25,26)/t11-,13-,14-,15-/m1/s1.